The van der Waals surface area contributed by atoms with Crippen LogP contribution in [-0.4, -0.2) is 0 Å². The zero-order valence-corrected chi connectivity index (χ0v) is 29.7. The SMILES string of the molecule is CCCCCCCCCCCCCc1cc2cccc3c4cccc5cccc(c(c1CCCCCCCCCCCCC)c23)c54. The second-order valence-corrected chi connectivity index (χ2v) is 14.6. The van der Waals surface area contributed by atoms with E-state index in [-0.39, 0.29) is 0 Å². The van der Waals surface area contributed by atoms with Crippen molar-refractivity contribution in [3.63, 3.8) is 0 Å². The number of hydrogen-bond donors (Lipinski definition) is 0. The molecule has 5 aromatic rings. The van der Waals surface area contributed by atoms with E-state index in [9.17, 15) is 0 Å². The van der Waals surface area contributed by atoms with Gasteiger partial charge in [-0.25, -0.2) is 0 Å². The van der Waals surface area contributed by atoms with Gasteiger partial charge in [0.1, 0.15) is 0 Å². The molecule has 0 saturated heterocycles. The molecule has 5 aromatic carbocycles. The third-order valence-corrected chi connectivity index (χ3v) is 10.9. The lowest BCUT2D eigenvalue weighted by atomic mass is 9.83. The lowest BCUT2D eigenvalue weighted by Crippen LogP contribution is -2.00. The van der Waals surface area contributed by atoms with Gasteiger partial charge in [0.25, 0.3) is 0 Å². The highest BCUT2D eigenvalue weighted by atomic mass is 14.2. The maximum absolute atomic E-state index is 2.60. The van der Waals surface area contributed by atoms with Crippen LogP contribution in [0.5, 0.6) is 0 Å². The Morgan fingerprint density at radius 2 is 0.761 bits per heavy atom. The Hall–Kier alpha value is -2.60. The minimum Gasteiger partial charge on any atom is -0.0654 e. The monoisotopic (exact) mass is 617 g/mol. The largest absolute Gasteiger partial charge is 0.0654 e. The maximum atomic E-state index is 2.60. The number of aryl methyl sites for hydroxylation is 2. The van der Waals surface area contributed by atoms with Crippen molar-refractivity contribution in [1.29, 1.82) is 0 Å². The Kier molecular flexibility index (Phi) is 14.6. The standard InChI is InChI=1S/C46H64/c1-3-5-7-9-11-13-15-17-19-21-23-28-38-36-39-31-27-34-42-41-33-25-29-37-30-26-35-43(44(37)41)46(45(39)42)40(38)32-24-22-20-18-16-14-12-10-8-6-4-2/h25-27,29-31,33-36H,3-24,28,32H2,1-2H3. The zero-order valence-electron chi connectivity index (χ0n) is 29.7. The van der Waals surface area contributed by atoms with Crippen LogP contribution < -0.4 is 0 Å². The summed E-state index contributed by atoms with van der Waals surface area (Å²) in [6.45, 7) is 4.62. The first kappa shape index (κ1) is 34.7. The number of fused-ring (bicyclic) bond motifs is 2. The lowest BCUT2D eigenvalue weighted by Gasteiger charge is -2.20. The van der Waals surface area contributed by atoms with Gasteiger partial charge in [0.2, 0.25) is 0 Å². The predicted molar refractivity (Wildman–Crippen MR) is 208 cm³/mol. The van der Waals surface area contributed by atoms with Gasteiger partial charge >= 0.3 is 0 Å². The van der Waals surface area contributed by atoms with Crippen LogP contribution in [0.3, 0.4) is 0 Å². The fraction of sp³-hybridized carbons (Fsp3) is 0.565. The molecule has 0 saturated carbocycles. The summed E-state index contributed by atoms with van der Waals surface area (Å²) in [6, 6.07) is 23.6. The van der Waals surface area contributed by atoms with Gasteiger partial charge in [-0.2, -0.15) is 0 Å². The molecule has 0 N–H and O–H groups in total. The number of rotatable bonds is 24. The van der Waals surface area contributed by atoms with E-state index in [1.54, 1.807) is 16.5 Å². The molecule has 0 heteroatoms. The average Bonchev–Trinajstić information content (AvgIpc) is 3.08. The molecule has 0 aromatic heterocycles. The molecule has 0 bridgehead atoms. The highest BCUT2D eigenvalue weighted by Gasteiger charge is 2.18. The molecule has 46 heavy (non-hydrogen) atoms. The summed E-state index contributed by atoms with van der Waals surface area (Å²) in [4.78, 5) is 0. The molecule has 0 aliphatic heterocycles. The Morgan fingerprint density at radius 3 is 1.28 bits per heavy atom. The Bertz CT molecular complexity index is 1570. The highest BCUT2D eigenvalue weighted by Crippen LogP contribution is 2.43. The van der Waals surface area contributed by atoms with Crippen molar-refractivity contribution in [2.75, 3.05) is 0 Å². The fourth-order valence-electron chi connectivity index (χ4n) is 8.31. The summed E-state index contributed by atoms with van der Waals surface area (Å²) in [5.41, 5.74) is 3.31. The Balaban J connectivity index is 1.27. The third kappa shape index (κ3) is 9.27. The van der Waals surface area contributed by atoms with Gasteiger partial charge in [0.15, 0.2) is 0 Å². The molecular weight excluding hydrogens is 553 g/mol. The molecular formula is C46H64. The van der Waals surface area contributed by atoms with E-state index >= 15 is 0 Å². The molecule has 0 spiro atoms. The van der Waals surface area contributed by atoms with Crippen LogP contribution in [0, 0.1) is 0 Å². The van der Waals surface area contributed by atoms with E-state index in [0.29, 0.717) is 0 Å². The van der Waals surface area contributed by atoms with Gasteiger partial charge in [0.05, 0.1) is 0 Å². The zero-order chi connectivity index (χ0) is 31.8. The van der Waals surface area contributed by atoms with Crippen molar-refractivity contribution in [2.24, 2.45) is 0 Å². The summed E-state index contributed by atoms with van der Waals surface area (Å²) >= 11 is 0. The summed E-state index contributed by atoms with van der Waals surface area (Å²) in [5.74, 6) is 0. The van der Waals surface area contributed by atoms with Crippen molar-refractivity contribution in [2.45, 2.75) is 168 Å². The topological polar surface area (TPSA) is 0 Å². The molecule has 0 aliphatic rings. The molecule has 0 atom stereocenters. The van der Waals surface area contributed by atoms with E-state index < -0.39 is 0 Å². The van der Waals surface area contributed by atoms with Crippen LogP contribution in [0.2, 0.25) is 0 Å². The molecule has 0 aliphatic carbocycles. The van der Waals surface area contributed by atoms with E-state index in [4.69, 9.17) is 0 Å². The van der Waals surface area contributed by atoms with Crippen molar-refractivity contribution in [3.05, 3.63) is 71.8 Å². The van der Waals surface area contributed by atoms with Crippen LogP contribution in [0.4, 0.5) is 0 Å². The molecule has 248 valence electrons. The second kappa shape index (κ2) is 19.3. The van der Waals surface area contributed by atoms with Gasteiger partial charge in [-0.15, -0.1) is 0 Å². The van der Waals surface area contributed by atoms with E-state index in [0.717, 1.165) is 0 Å². The molecule has 0 amide bonds. The van der Waals surface area contributed by atoms with Crippen molar-refractivity contribution < 1.29 is 0 Å². The molecule has 0 heterocycles. The van der Waals surface area contributed by atoms with Crippen LogP contribution in [0.15, 0.2) is 60.7 Å². The quantitative estimate of drug-likeness (QED) is 0.0367. The first-order valence-electron chi connectivity index (χ1n) is 19.9. The number of benzene rings is 5. The molecule has 0 unspecified atom stereocenters. The van der Waals surface area contributed by atoms with Crippen LogP contribution in [0.1, 0.15) is 166 Å². The minimum atomic E-state index is 1.22. The van der Waals surface area contributed by atoms with Crippen molar-refractivity contribution in [1.82, 2.24) is 0 Å². The maximum Gasteiger partial charge on any atom is -0.00234 e. The van der Waals surface area contributed by atoms with Gasteiger partial charge in [-0.1, -0.05) is 203 Å². The van der Waals surface area contributed by atoms with Crippen LogP contribution in [0.25, 0.3) is 43.1 Å². The Labute approximate surface area is 282 Å². The fourth-order valence-corrected chi connectivity index (χ4v) is 8.31. The smallest absolute Gasteiger partial charge is 0.00234 e. The van der Waals surface area contributed by atoms with Crippen LogP contribution >= 0.6 is 0 Å². The van der Waals surface area contributed by atoms with E-state index in [1.807, 2.05) is 0 Å². The van der Waals surface area contributed by atoms with Gasteiger partial charge < -0.3 is 0 Å². The van der Waals surface area contributed by atoms with Crippen molar-refractivity contribution in [3.8, 4) is 0 Å². The van der Waals surface area contributed by atoms with Crippen molar-refractivity contribution >= 4 is 43.1 Å². The van der Waals surface area contributed by atoms with Crippen LogP contribution in [-0.2, 0) is 12.8 Å². The van der Waals surface area contributed by atoms with Gasteiger partial charge in [-0.3, -0.25) is 0 Å². The molecule has 0 nitrogen and oxygen atoms in total. The van der Waals surface area contributed by atoms with Gasteiger partial charge in [-0.05, 0) is 79.9 Å². The Morgan fingerprint density at radius 1 is 0.348 bits per heavy atom. The van der Waals surface area contributed by atoms with E-state index in [1.165, 1.54) is 192 Å². The number of hydrogen-bond acceptors (Lipinski definition) is 0. The third-order valence-electron chi connectivity index (χ3n) is 10.9. The lowest BCUT2D eigenvalue weighted by molar-refractivity contribution is 0.547. The van der Waals surface area contributed by atoms with Gasteiger partial charge in [0, 0.05) is 0 Å². The first-order valence-corrected chi connectivity index (χ1v) is 19.9. The number of unbranched alkanes of at least 4 members (excludes halogenated alkanes) is 20. The molecule has 0 fully saturated rings. The highest BCUT2D eigenvalue weighted by molar-refractivity contribution is 6.33. The van der Waals surface area contributed by atoms with E-state index in [2.05, 4.69) is 74.5 Å². The molecule has 5 rings (SSSR count). The summed E-state index contributed by atoms with van der Waals surface area (Å²) in [5, 5.41) is 11.7. The summed E-state index contributed by atoms with van der Waals surface area (Å²) in [7, 11) is 0. The summed E-state index contributed by atoms with van der Waals surface area (Å²) < 4.78 is 0. The summed E-state index contributed by atoms with van der Waals surface area (Å²) in [6.07, 6.45) is 33.4. The normalized spacial score (nSPS) is 12.0. The average molecular weight is 617 g/mol. The first-order chi connectivity index (χ1) is 22.8. The molecule has 0 radical (unpaired) electrons. The minimum absolute atomic E-state index is 1.22. The predicted octanol–water partition coefficient (Wildman–Crippen LogP) is 15.4. The second-order valence-electron chi connectivity index (χ2n) is 14.6.